The SMILES string of the molecule is CC(COC1CCCCC1CN)C(N)=O. The summed E-state index contributed by atoms with van der Waals surface area (Å²) in [4.78, 5) is 10.8. The lowest BCUT2D eigenvalue weighted by Gasteiger charge is -2.31. The summed E-state index contributed by atoms with van der Waals surface area (Å²) >= 11 is 0. The molecular formula is C11H22N2O2. The van der Waals surface area contributed by atoms with E-state index in [4.69, 9.17) is 16.2 Å². The minimum atomic E-state index is -0.296. The number of nitrogens with two attached hydrogens (primary N) is 2. The Morgan fingerprint density at radius 1 is 1.47 bits per heavy atom. The molecule has 1 aliphatic carbocycles. The van der Waals surface area contributed by atoms with Gasteiger partial charge >= 0.3 is 0 Å². The maximum atomic E-state index is 10.8. The number of amides is 1. The molecule has 3 atom stereocenters. The van der Waals surface area contributed by atoms with E-state index in [0.717, 1.165) is 12.8 Å². The molecule has 0 aromatic heterocycles. The van der Waals surface area contributed by atoms with E-state index >= 15 is 0 Å². The highest BCUT2D eigenvalue weighted by Crippen LogP contribution is 2.26. The molecule has 0 saturated heterocycles. The molecule has 88 valence electrons. The standard InChI is InChI=1S/C11H22N2O2/c1-8(11(13)14)7-15-10-5-3-2-4-9(10)6-12/h8-10H,2-7,12H2,1H3,(H2,13,14). The highest BCUT2D eigenvalue weighted by molar-refractivity contribution is 5.76. The van der Waals surface area contributed by atoms with Gasteiger partial charge in [0.05, 0.1) is 18.6 Å². The van der Waals surface area contributed by atoms with E-state index in [1.807, 2.05) is 0 Å². The molecular weight excluding hydrogens is 192 g/mol. The van der Waals surface area contributed by atoms with Crippen LogP contribution in [-0.2, 0) is 9.53 Å². The second-order valence-electron chi connectivity index (χ2n) is 4.46. The maximum Gasteiger partial charge on any atom is 0.222 e. The molecule has 0 aliphatic heterocycles. The second-order valence-corrected chi connectivity index (χ2v) is 4.46. The average Bonchev–Trinajstić information content (AvgIpc) is 2.26. The molecule has 0 bridgehead atoms. The van der Waals surface area contributed by atoms with E-state index < -0.39 is 0 Å². The van der Waals surface area contributed by atoms with Gasteiger partial charge in [-0.3, -0.25) is 4.79 Å². The van der Waals surface area contributed by atoms with Gasteiger partial charge in [-0.25, -0.2) is 0 Å². The number of hydrogen-bond acceptors (Lipinski definition) is 3. The Hall–Kier alpha value is -0.610. The van der Waals surface area contributed by atoms with E-state index in [0.29, 0.717) is 19.1 Å². The van der Waals surface area contributed by atoms with Crippen LogP contribution in [0.1, 0.15) is 32.6 Å². The van der Waals surface area contributed by atoms with E-state index in [1.54, 1.807) is 6.92 Å². The molecule has 1 aliphatic rings. The van der Waals surface area contributed by atoms with Crippen LogP contribution < -0.4 is 11.5 Å². The Labute approximate surface area is 91.3 Å². The van der Waals surface area contributed by atoms with Gasteiger partial charge in [-0.1, -0.05) is 19.8 Å². The van der Waals surface area contributed by atoms with Crippen molar-refractivity contribution >= 4 is 5.91 Å². The van der Waals surface area contributed by atoms with Gasteiger partial charge in [0.25, 0.3) is 0 Å². The first-order valence-corrected chi connectivity index (χ1v) is 5.76. The number of carbonyl (C=O) groups is 1. The first kappa shape index (κ1) is 12.5. The fourth-order valence-corrected chi connectivity index (χ4v) is 2.01. The van der Waals surface area contributed by atoms with Crippen molar-refractivity contribution in [2.75, 3.05) is 13.2 Å². The summed E-state index contributed by atoms with van der Waals surface area (Å²) in [7, 11) is 0. The van der Waals surface area contributed by atoms with Crippen molar-refractivity contribution in [1.29, 1.82) is 0 Å². The molecule has 15 heavy (non-hydrogen) atoms. The molecule has 4 nitrogen and oxygen atoms in total. The minimum Gasteiger partial charge on any atom is -0.377 e. The lowest BCUT2D eigenvalue weighted by Crippen LogP contribution is -2.35. The summed E-state index contributed by atoms with van der Waals surface area (Å²) in [6.07, 6.45) is 4.88. The van der Waals surface area contributed by atoms with Crippen LogP contribution in [0.15, 0.2) is 0 Å². The summed E-state index contributed by atoms with van der Waals surface area (Å²) in [5.41, 5.74) is 10.9. The molecule has 0 radical (unpaired) electrons. The number of primary amides is 1. The summed E-state index contributed by atoms with van der Waals surface area (Å²) in [6, 6.07) is 0. The number of carbonyl (C=O) groups excluding carboxylic acids is 1. The largest absolute Gasteiger partial charge is 0.377 e. The predicted octanol–water partition coefficient (Wildman–Crippen LogP) is 0.642. The van der Waals surface area contributed by atoms with Crippen molar-refractivity contribution in [3.8, 4) is 0 Å². The number of hydrogen-bond donors (Lipinski definition) is 2. The molecule has 1 fully saturated rings. The van der Waals surface area contributed by atoms with Crippen molar-refractivity contribution in [3.05, 3.63) is 0 Å². The van der Waals surface area contributed by atoms with E-state index in [2.05, 4.69) is 0 Å². The summed E-state index contributed by atoms with van der Waals surface area (Å²) in [5, 5.41) is 0. The summed E-state index contributed by atoms with van der Waals surface area (Å²) < 4.78 is 5.73. The number of ether oxygens (including phenoxy) is 1. The molecule has 0 aromatic rings. The lowest BCUT2D eigenvalue weighted by atomic mass is 9.86. The van der Waals surface area contributed by atoms with Crippen molar-refractivity contribution in [3.63, 3.8) is 0 Å². The molecule has 1 saturated carbocycles. The fourth-order valence-electron chi connectivity index (χ4n) is 2.01. The third-order valence-electron chi connectivity index (χ3n) is 3.19. The van der Waals surface area contributed by atoms with Crippen LogP contribution in [0.5, 0.6) is 0 Å². The van der Waals surface area contributed by atoms with Crippen LogP contribution in [0.25, 0.3) is 0 Å². The van der Waals surface area contributed by atoms with Gasteiger partial charge in [-0.05, 0) is 25.3 Å². The molecule has 1 rings (SSSR count). The van der Waals surface area contributed by atoms with Gasteiger partial charge in [0.2, 0.25) is 5.91 Å². The van der Waals surface area contributed by atoms with Gasteiger partial charge in [0.15, 0.2) is 0 Å². The van der Waals surface area contributed by atoms with Gasteiger partial charge in [0, 0.05) is 0 Å². The first-order chi connectivity index (χ1) is 7.15. The van der Waals surface area contributed by atoms with Crippen LogP contribution in [0.2, 0.25) is 0 Å². The van der Waals surface area contributed by atoms with Crippen LogP contribution in [0, 0.1) is 11.8 Å². The highest BCUT2D eigenvalue weighted by Gasteiger charge is 2.25. The third-order valence-corrected chi connectivity index (χ3v) is 3.19. The molecule has 4 N–H and O–H groups in total. The maximum absolute atomic E-state index is 10.8. The van der Waals surface area contributed by atoms with Crippen LogP contribution in [-0.4, -0.2) is 25.2 Å². The van der Waals surface area contributed by atoms with Gasteiger partial charge in [0.1, 0.15) is 0 Å². The predicted molar refractivity (Wildman–Crippen MR) is 59.1 cm³/mol. The monoisotopic (exact) mass is 214 g/mol. The van der Waals surface area contributed by atoms with Crippen molar-refractivity contribution in [2.45, 2.75) is 38.7 Å². The minimum absolute atomic E-state index is 0.203. The lowest BCUT2D eigenvalue weighted by molar-refractivity contribution is -0.124. The van der Waals surface area contributed by atoms with Crippen LogP contribution >= 0.6 is 0 Å². The van der Waals surface area contributed by atoms with E-state index in [9.17, 15) is 4.79 Å². The molecule has 0 aromatic carbocycles. The summed E-state index contributed by atoms with van der Waals surface area (Å²) in [5.74, 6) is -0.0423. The smallest absolute Gasteiger partial charge is 0.222 e. The normalized spacial score (nSPS) is 28.7. The van der Waals surface area contributed by atoms with Crippen LogP contribution in [0.4, 0.5) is 0 Å². The zero-order valence-electron chi connectivity index (χ0n) is 9.45. The highest BCUT2D eigenvalue weighted by atomic mass is 16.5. The molecule has 3 unspecified atom stereocenters. The Bertz CT molecular complexity index is 209. The molecule has 1 amide bonds. The van der Waals surface area contributed by atoms with E-state index in [-0.39, 0.29) is 17.9 Å². The Morgan fingerprint density at radius 3 is 2.73 bits per heavy atom. The van der Waals surface area contributed by atoms with E-state index in [1.165, 1.54) is 12.8 Å². The third kappa shape index (κ3) is 3.80. The molecule has 0 heterocycles. The summed E-state index contributed by atoms with van der Waals surface area (Å²) in [6.45, 7) is 2.90. The zero-order chi connectivity index (χ0) is 11.3. The number of rotatable bonds is 5. The Balaban J connectivity index is 2.32. The fraction of sp³-hybridized carbons (Fsp3) is 0.909. The molecule has 4 heteroatoms. The Morgan fingerprint density at radius 2 is 2.13 bits per heavy atom. The zero-order valence-corrected chi connectivity index (χ0v) is 9.45. The first-order valence-electron chi connectivity index (χ1n) is 5.76. The van der Waals surface area contributed by atoms with Crippen LogP contribution in [0.3, 0.4) is 0 Å². The van der Waals surface area contributed by atoms with Gasteiger partial charge in [-0.15, -0.1) is 0 Å². The second kappa shape index (κ2) is 6.08. The topological polar surface area (TPSA) is 78.3 Å². The van der Waals surface area contributed by atoms with Crippen molar-refractivity contribution in [1.82, 2.24) is 0 Å². The Kier molecular flexibility index (Phi) is 5.05. The van der Waals surface area contributed by atoms with Gasteiger partial charge in [-0.2, -0.15) is 0 Å². The van der Waals surface area contributed by atoms with Gasteiger partial charge < -0.3 is 16.2 Å². The molecule has 0 spiro atoms. The quantitative estimate of drug-likeness (QED) is 0.705. The average molecular weight is 214 g/mol. The van der Waals surface area contributed by atoms with Crippen molar-refractivity contribution < 1.29 is 9.53 Å². The van der Waals surface area contributed by atoms with Crippen molar-refractivity contribution in [2.24, 2.45) is 23.3 Å².